The molecule has 0 aliphatic carbocycles. The van der Waals surface area contributed by atoms with E-state index in [1.54, 1.807) is 23.0 Å². The number of fused-ring (bicyclic) bond motifs is 1. The molecule has 4 aromatic rings. The van der Waals surface area contributed by atoms with Crippen LogP contribution < -0.4 is 0 Å². The minimum atomic E-state index is -0.281. The van der Waals surface area contributed by atoms with Gasteiger partial charge in [-0.25, -0.2) is 9.07 Å². The third-order valence-electron chi connectivity index (χ3n) is 4.87. The lowest BCUT2D eigenvalue weighted by Crippen LogP contribution is -2.10. The highest BCUT2D eigenvalue weighted by Crippen LogP contribution is 2.31. The fourth-order valence-electron chi connectivity index (χ4n) is 3.42. The zero-order chi connectivity index (χ0) is 19.5. The average molecular weight is 374 g/mol. The van der Waals surface area contributed by atoms with E-state index in [9.17, 15) is 9.18 Å². The average Bonchev–Trinajstić information content (AvgIpc) is 3.16. The zero-order valence-corrected chi connectivity index (χ0v) is 15.4. The molecule has 0 N–H and O–H groups in total. The summed E-state index contributed by atoms with van der Waals surface area (Å²) in [6, 6.07) is 22.2. The van der Waals surface area contributed by atoms with E-state index in [1.807, 2.05) is 48.5 Å². The molecule has 0 saturated carbocycles. The summed E-state index contributed by atoms with van der Waals surface area (Å²) in [5.41, 5.74) is 3.78. The van der Waals surface area contributed by atoms with E-state index < -0.39 is 0 Å². The molecule has 0 bridgehead atoms. The highest BCUT2D eigenvalue weighted by atomic mass is 19.1. The highest BCUT2D eigenvalue weighted by molar-refractivity contribution is 5.81. The Labute approximate surface area is 162 Å². The van der Waals surface area contributed by atoms with E-state index in [4.69, 9.17) is 4.74 Å². The topological polar surface area (TPSA) is 44.1 Å². The third-order valence-corrected chi connectivity index (χ3v) is 4.87. The highest BCUT2D eigenvalue weighted by Gasteiger charge is 2.19. The summed E-state index contributed by atoms with van der Waals surface area (Å²) >= 11 is 0. The van der Waals surface area contributed by atoms with Crippen molar-refractivity contribution in [3.63, 3.8) is 0 Å². The number of nitrogens with zero attached hydrogens (tertiary/aromatic N) is 2. The summed E-state index contributed by atoms with van der Waals surface area (Å²) in [6.07, 6.45) is 2.04. The van der Waals surface area contributed by atoms with Crippen LogP contribution in [0.4, 0.5) is 4.39 Å². The van der Waals surface area contributed by atoms with E-state index in [2.05, 4.69) is 5.10 Å². The lowest BCUT2D eigenvalue weighted by Gasteiger charge is -2.17. The van der Waals surface area contributed by atoms with Gasteiger partial charge in [0.2, 0.25) is 0 Å². The molecule has 0 radical (unpaired) electrons. The number of benzene rings is 3. The van der Waals surface area contributed by atoms with Crippen LogP contribution in [-0.4, -0.2) is 22.9 Å². The van der Waals surface area contributed by atoms with Crippen LogP contribution in [0.1, 0.15) is 23.5 Å². The van der Waals surface area contributed by atoms with E-state index in [1.165, 1.54) is 19.2 Å². The molecule has 4 nitrogen and oxygen atoms in total. The molecule has 0 spiro atoms. The van der Waals surface area contributed by atoms with Gasteiger partial charge in [0.05, 0.1) is 30.9 Å². The number of hydrogen-bond acceptors (Lipinski definition) is 3. The number of carbonyl (C=O) groups excluding carboxylic acids is 1. The van der Waals surface area contributed by atoms with E-state index in [0.29, 0.717) is 0 Å². The lowest BCUT2D eigenvalue weighted by atomic mass is 9.88. The van der Waals surface area contributed by atoms with Gasteiger partial charge >= 0.3 is 5.97 Å². The Bertz CT molecular complexity index is 1100. The molecule has 0 aliphatic rings. The molecule has 5 heteroatoms. The predicted molar refractivity (Wildman–Crippen MR) is 106 cm³/mol. The fraction of sp³-hybridized carbons (Fsp3) is 0.130. The van der Waals surface area contributed by atoms with Crippen LogP contribution in [0.5, 0.6) is 0 Å². The van der Waals surface area contributed by atoms with Gasteiger partial charge < -0.3 is 4.74 Å². The Kier molecular flexibility index (Phi) is 4.89. The summed E-state index contributed by atoms with van der Waals surface area (Å²) in [6.45, 7) is 0. The molecule has 1 atom stereocenters. The van der Waals surface area contributed by atoms with Crippen molar-refractivity contribution in [2.24, 2.45) is 0 Å². The second kappa shape index (κ2) is 7.64. The van der Waals surface area contributed by atoms with Crippen molar-refractivity contribution in [1.29, 1.82) is 0 Å². The minimum absolute atomic E-state index is 0.104. The van der Waals surface area contributed by atoms with Crippen molar-refractivity contribution in [3.05, 3.63) is 95.9 Å². The number of halogens is 1. The third kappa shape index (κ3) is 3.51. The minimum Gasteiger partial charge on any atom is -0.469 e. The Morgan fingerprint density at radius 1 is 1.04 bits per heavy atom. The monoisotopic (exact) mass is 374 g/mol. The van der Waals surface area contributed by atoms with Crippen molar-refractivity contribution in [3.8, 4) is 5.69 Å². The quantitative estimate of drug-likeness (QED) is 0.469. The van der Waals surface area contributed by atoms with Crippen molar-refractivity contribution in [1.82, 2.24) is 9.78 Å². The molecule has 28 heavy (non-hydrogen) atoms. The zero-order valence-electron chi connectivity index (χ0n) is 15.4. The van der Waals surface area contributed by atoms with Crippen LogP contribution in [-0.2, 0) is 9.53 Å². The maximum Gasteiger partial charge on any atom is 0.306 e. The molecule has 1 aromatic heterocycles. The second-order valence-corrected chi connectivity index (χ2v) is 6.59. The van der Waals surface area contributed by atoms with Gasteiger partial charge in [-0.1, -0.05) is 36.4 Å². The molecule has 0 aliphatic heterocycles. The van der Waals surface area contributed by atoms with Crippen molar-refractivity contribution >= 4 is 16.9 Å². The molecule has 140 valence electrons. The van der Waals surface area contributed by atoms with Crippen molar-refractivity contribution in [2.75, 3.05) is 7.11 Å². The van der Waals surface area contributed by atoms with Crippen LogP contribution in [0.3, 0.4) is 0 Å². The first-order valence-electron chi connectivity index (χ1n) is 9.01. The molecule has 1 heterocycles. The van der Waals surface area contributed by atoms with E-state index in [-0.39, 0.29) is 24.1 Å². The number of esters is 1. The Balaban J connectivity index is 1.75. The maximum atomic E-state index is 13.2. The smallest absolute Gasteiger partial charge is 0.306 e. The van der Waals surface area contributed by atoms with Gasteiger partial charge in [0.1, 0.15) is 5.82 Å². The van der Waals surface area contributed by atoms with Crippen molar-refractivity contribution in [2.45, 2.75) is 12.3 Å². The number of carbonyl (C=O) groups is 1. The lowest BCUT2D eigenvalue weighted by molar-refractivity contribution is -0.140. The summed E-state index contributed by atoms with van der Waals surface area (Å²) in [5.74, 6) is -0.640. The van der Waals surface area contributed by atoms with Crippen LogP contribution in [0, 0.1) is 5.82 Å². The largest absolute Gasteiger partial charge is 0.469 e. The van der Waals surface area contributed by atoms with Gasteiger partial charge in [-0.05, 0) is 47.5 Å². The SMILES string of the molecule is COC(=O)CC(c1ccccc1)c1ccc2c(cnn2-c2ccc(F)cc2)c1. The summed E-state index contributed by atoms with van der Waals surface area (Å²) in [4.78, 5) is 12.0. The van der Waals surface area contributed by atoms with Gasteiger partial charge in [0, 0.05) is 11.3 Å². The molecule has 4 rings (SSSR count). The number of hydrogen-bond donors (Lipinski definition) is 0. The maximum absolute atomic E-state index is 13.2. The molecule has 1 unspecified atom stereocenters. The fourth-order valence-corrected chi connectivity index (χ4v) is 3.42. The van der Waals surface area contributed by atoms with Gasteiger partial charge in [-0.2, -0.15) is 5.10 Å². The molecule has 0 saturated heterocycles. The number of aromatic nitrogens is 2. The van der Waals surface area contributed by atoms with Gasteiger partial charge in [0.25, 0.3) is 0 Å². The normalized spacial score (nSPS) is 12.1. The molecule has 3 aromatic carbocycles. The van der Waals surface area contributed by atoms with Crippen LogP contribution in [0.25, 0.3) is 16.6 Å². The second-order valence-electron chi connectivity index (χ2n) is 6.59. The molecule has 0 fully saturated rings. The number of methoxy groups -OCH3 is 1. The van der Waals surface area contributed by atoms with Crippen LogP contribution in [0.15, 0.2) is 79.0 Å². The predicted octanol–water partition coefficient (Wildman–Crippen LogP) is 4.86. The van der Waals surface area contributed by atoms with E-state index in [0.717, 1.165) is 27.7 Å². The number of rotatable bonds is 5. The Morgan fingerprint density at radius 2 is 1.79 bits per heavy atom. The summed E-state index contributed by atoms with van der Waals surface area (Å²) < 4.78 is 19.9. The summed E-state index contributed by atoms with van der Waals surface area (Å²) in [7, 11) is 1.40. The number of ether oxygens (including phenoxy) is 1. The van der Waals surface area contributed by atoms with Gasteiger partial charge in [-0.3, -0.25) is 4.79 Å². The first kappa shape index (κ1) is 17.9. The van der Waals surface area contributed by atoms with Crippen LogP contribution >= 0.6 is 0 Å². The van der Waals surface area contributed by atoms with Gasteiger partial charge in [0.15, 0.2) is 0 Å². The van der Waals surface area contributed by atoms with Crippen molar-refractivity contribution < 1.29 is 13.9 Å². The van der Waals surface area contributed by atoms with Gasteiger partial charge in [-0.15, -0.1) is 0 Å². The first-order valence-corrected chi connectivity index (χ1v) is 9.01. The Hall–Kier alpha value is -3.47. The van der Waals surface area contributed by atoms with Crippen LogP contribution in [0.2, 0.25) is 0 Å². The first-order chi connectivity index (χ1) is 13.7. The standard InChI is InChI=1S/C23H19FN2O2/c1-28-23(27)14-21(16-5-3-2-4-6-16)17-7-12-22-18(13-17)15-25-26(22)20-10-8-19(24)9-11-20/h2-13,15,21H,14H2,1H3. The molecule has 0 amide bonds. The Morgan fingerprint density at radius 3 is 2.50 bits per heavy atom. The molecular weight excluding hydrogens is 355 g/mol. The van der Waals surface area contributed by atoms with E-state index >= 15 is 0 Å². The molecular formula is C23H19FN2O2. The summed E-state index contributed by atoms with van der Waals surface area (Å²) in [5, 5.41) is 5.40.